The second-order valence-electron chi connectivity index (χ2n) is 17.1. The zero-order valence-corrected chi connectivity index (χ0v) is 38.5. The summed E-state index contributed by atoms with van der Waals surface area (Å²) in [5.41, 5.74) is 4.36. The lowest BCUT2D eigenvalue weighted by Gasteiger charge is -2.35. The Morgan fingerprint density at radius 1 is 1.00 bits per heavy atom. The Hall–Kier alpha value is -3.92. The van der Waals surface area contributed by atoms with Crippen molar-refractivity contribution < 1.29 is 41.9 Å². The van der Waals surface area contributed by atoms with E-state index in [1.54, 1.807) is 0 Å². The quantitative estimate of drug-likeness (QED) is 0.0362. The number of hydrazone groups is 1. The number of terminal acetylenes is 1. The molecule has 2 aliphatic carbocycles. The molecule has 15 nitrogen and oxygen atoms in total. The number of allylic oxidation sites excluding steroid dienone is 2. The molecule has 0 aromatic rings. The lowest BCUT2D eigenvalue weighted by molar-refractivity contribution is -0.485. The lowest BCUT2D eigenvalue weighted by atomic mass is 9.85. The number of carbonyl (C=O) groups is 2. The van der Waals surface area contributed by atoms with Crippen LogP contribution >= 0.6 is 0 Å². The fourth-order valence-corrected chi connectivity index (χ4v) is 8.61. The number of carbonyl (C=O) groups excluding carboxylic acids is 2. The summed E-state index contributed by atoms with van der Waals surface area (Å²) in [5, 5.41) is 14.6. The third-order valence-corrected chi connectivity index (χ3v) is 12.5. The number of ether oxygens (including phenoxy) is 4. The van der Waals surface area contributed by atoms with Crippen molar-refractivity contribution in [3.63, 3.8) is 0 Å². The summed E-state index contributed by atoms with van der Waals surface area (Å²) in [4.78, 5) is 33.2. The number of amidine groups is 1. The number of nitrogens with one attached hydrogen (secondary N) is 4. The Kier molecular flexibility index (Phi) is 22.5. The SMILES string of the molecule is C#CCOCCOCCOCCOCCN1CCN(CCCNC(=O)CCCC2=NNC(CC)N2C2C=C(/[N+](=C\C)CCC(NC(=O)C3CCC(F)(F)CC3)C3=CCCC=C3)N2)CC1. The van der Waals surface area contributed by atoms with Gasteiger partial charge in [-0.3, -0.25) is 24.8 Å². The average Bonchev–Trinajstić information content (AvgIpc) is 3.69. The molecule has 3 atom stereocenters. The van der Waals surface area contributed by atoms with Crippen molar-refractivity contribution in [2.45, 2.75) is 115 Å². The minimum atomic E-state index is -2.66. The van der Waals surface area contributed by atoms with Gasteiger partial charge in [0, 0.05) is 77.3 Å². The van der Waals surface area contributed by atoms with Crippen LogP contribution in [-0.2, 0) is 28.5 Å². The van der Waals surface area contributed by atoms with Crippen LogP contribution in [0, 0.1) is 18.3 Å². The Balaban J connectivity index is 0.922. The topological polar surface area (TPSA) is 144 Å². The Labute approximate surface area is 380 Å². The van der Waals surface area contributed by atoms with Crippen LogP contribution in [0.2, 0.25) is 0 Å². The van der Waals surface area contributed by atoms with Crippen molar-refractivity contribution in [1.82, 2.24) is 36.1 Å². The van der Waals surface area contributed by atoms with Gasteiger partial charge in [-0.2, -0.15) is 5.10 Å². The zero-order chi connectivity index (χ0) is 45.4. The molecular formula is C47H76F2N9O6+. The van der Waals surface area contributed by atoms with Gasteiger partial charge in [-0.25, -0.2) is 18.7 Å². The van der Waals surface area contributed by atoms with Crippen molar-refractivity contribution in [3.8, 4) is 12.3 Å². The monoisotopic (exact) mass is 901 g/mol. The molecule has 4 N–H and O–H groups in total. The van der Waals surface area contributed by atoms with Gasteiger partial charge in [0.25, 0.3) is 5.82 Å². The standard InChI is InChI=1S/C47H75F2N9O6/c1-4-29-61-31-33-63-35-36-64-34-32-62-30-28-56-26-24-55(25-27-56)22-11-21-50-45(59)15-10-14-42-54-53-41(5-2)58(42)44-37-43(52-44)57(6-3)23-18-40(38-12-8-7-9-13-38)51-46(60)39-16-19-47(48,49)20-17-39/h1,6,8,12-13,37,39-41,44,52-53H,5,7,9-11,14-36H2,2-3H3,(H-,50,51,59,60)/p+1/b57-6-. The van der Waals surface area contributed by atoms with E-state index in [1.165, 1.54) is 0 Å². The highest BCUT2D eigenvalue weighted by Gasteiger charge is 2.41. The van der Waals surface area contributed by atoms with Crippen molar-refractivity contribution >= 4 is 23.9 Å². The highest BCUT2D eigenvalue weighted by molar-refractivity contribution is 5.85. The molecule has 2 amide bonds. The third kappa shape index (κ3) is 17.5. The van der Waals surface area contributed by atoms with E-state index in [9.17, 15) is 18.4 Å². The fourth-order valence-electron chi connectivity index (χ4n) is 8.61. The molecule has 5 rings (SSSR count). The minimum Gasteiger partial charge on any atom is -0.378 e. The van der Waals surface area contributed by atoms with E-state index < -0.39 is 5.92 Å². The lowest BCUT2D eigenvalue weighted by Crippen LogP contribution is -2.58. The summed E-state index contributed by atoms with van der Waals surface area (Å²) in [5.74, 6) is 1.26. The normalized spacial score (nSPS) is 22.1. The molecule has 0 spiro atoms. The molecule has 3 unspecified atom stereocenters. The molecular weight excluding hydrogens is 825 g/mol. The molecule has 3 heterocycles. The van der Waals surface area contributed by atoms with Gasteiger partial charge in [-0.1, -0.05) is 31.1 Å². The predicted octanol–water partition coefficient (Wildman–Crippen LogP) is 3.79. The number of amides is 2. The van der Waals surface area contributed by atoms with Gasteiger partial charge in [0.05, 0.1) is 71.1 Å². The molecule has 64 heavy (non-hydrogen) atoms. The van der Waals surface area contributed by atoms with Gasteiger partial charge in [0.15, 0.2) is 6.17 Å². The fraction of sp³-hybridized carbons (Fsp3) is 0.745. The van der Waals surface area contributed by atoms with Gasteiger partial charge >= 0.3 is 0 Å². The van der Waals surface area contributed by atoms with Crippen molar-refractivity contribution in [1.29, 1.82) is 0 Å². The largest absolute Gasteiger partial charge is 0.378 e. The molecule has 3 aliphatic heterocycles. The number of hydrogen-bond acceptors (Lipinski definition) is 12. The molecule has 0 bridgehead atoms. The van der Waals surface area contributed by atoms with Gasteiger partial charge < -0.3 is 34.5 Å². The molecule has 358 valence electrons. The smallest absolute Gasteiger partial charge is 0.278 e. The van der Waals surface area contributed by atoms with Crippen LogP contribution in [0.25, 0.3) is 0 Å². The number of piperazine rings is 1. The number of halogens is 2. The Morgan fingerprint density at radius 3 is 2.31 bits per heavy atom. The molecule has 0 aromatic carbocycles. The zero-order valence-electron chi connectivity index (χ0n) is 38.5. The Bertz CT molecular complexity index is 1630. The summed E-state index contributed by atoms with van der Waals surface area (Å²) in [6.45, 7) is 15.6. The van der Waals surface area contributed by atoms with Crippen molar-refractivity contribution in [2.24, 2.45) is 11.0 Å². The first-order valence-electron chi connectivity index (χ1n) is 23.8. The van der Waals surface area contributed by atoms with E-state index in [2.05, 4.69) is 82.9 Å². The van der Waals surface area contributed by atoms with Crippen molar-refractivity contribution in [3.05, 3.63) is 35.7 Å². The summed E-state index contributed by atoms with van der Waals surface area (Å²) in [7, 11) is 0. The van der Waals surface area contributed by atoms with Gasteiger partial charge in [0.2, 0.25) is 17.7 Å². The van der Waals surface area contributed by atoms with Gasteiger partial charge in [-0.05, 0) is 64.0 Å². The number of hydrogen-bond donors (Lipinski definition) is 4. The number of rotatable bonds is 30. The van der Waals surface area contributed by atoms with Crippen LogP contribution in [0.5, 0.6) is 0 Å². The third-order valence-electron chi connectivity index (χ3n) is 12.5. The molecule has 0 radical (unpaired) electrons. The van der Waals surface area contributed by atoms with E-state index in [0.29, 0.717) is 91.6 Å². The van der Waals surface area contributed by atoms with Crippen molar-refractivity contribution in [2.75, 3.05) is 105 Å². The number of nitrogens with zero attached hydrogens (tertiary/aromatic N) is 5. The first kappa shape index (κ1) is 51.1. The first-order chi connectivity index (χ1) is 31.2. The maximum Gasteiger partial charge on any atom is 0.278 e. The molecule has 17 heteroatoms. The van der Waals surface area contributed by atoms with E-state index in [4.69, 9.17) is 25.4 Å². The maximum atomic E-state index is 13.8. The summed E-state index contributed by atoms with van der Waals surface area (Å²) in [6, 6.07) is -0.195. The second-order valence-corrected chi connectivity index (χ2v) is 17.1. The van der Waals surface area contributed by atoms with E-state index in [1.807, 2.05) is 13.1 Å². The van der Waals surface area contributed by atoms with Crippen LogP contribution in [0.3, 0.4) is 0 Å². The predicted molar refractivity (Wildman–Crippen MR) is 245 cm³/mol. The second kappa shape index (κ2) is 28.2. The van der Waals surface area contributed by atoms with E-state index in [0.717, 1.165) is 82.2 Å². The van der Waals surface area contributed by atoms with Gasteiger partial charge in [-0.15, -0.1) is 6.42 Å². The highest BCUT2D eigenvalue weighted by Crippen LogP contribution is 2.36. The average molecular weight is 901 g/mol. The Morgan fingerprint density at radius 2 is 1.67 bits per heavy atom. The molecule has 1 saturated carbocycles. The maximum absolute atomic E-state index is 13.8. The number of alkyl halides is 2. The summed E-state index contributed by atoms with van der Waals surface area (Å²) in [6.07, 6.45) is 22.0. The summed E-state index contributed by atoms with van der Waals surface area (Å²) >= 11 is 0. The molecule has 2 fully saturated rings. The van der Waals surface area contributed by atoms with Crippen LogP contribution in [0.15, 0.2) is 40.8 Å². The first-order valence-corrected chi connectivity index (χ1v) is 23.8. The molecule has 0 aromatic heterocycles. The van der Waals surface area contributed by atoms with Crippen LogP contribution in [0.1, 0.15) is 90.9 Å². The summed E-state index contributed by atoms with van der Waals surface area (Å²) < 4.78 is 51.6. The van der Waals surface area contributed by atoms with Gasteiger partial charge in [0.1, 0.15) is 18.6 Å². The molecule has 1 saturated heterocycles. The minimum absolute atomic E-state index is 0.0389. The highest BCUT2D eigenvalue weighted by atomic mass is 19.3. The molecule has 5 aliphatic rings. The van der Waals surface area contributed by atoms with E-state index >= 15 is 0 Å². The van der Waals surface area contributed by atoms with Crippen LogP contribution in [0.4, 0.5) is 8.78 Å². The van der Waals surface area contributed by atoms with Crippen LogP contribution in [-0.4, -0.2) is 173 Å². The van der Waals surface area contributed by atoms with Crippen LogP contribution < -0.4 is 21.4 Å². The van der Waals surface area contributed by atoms with E-state index in [-0.39, 0.29) is 61.8 Å².